The highest BCUT2D eigenvalue weighted by Gasteiger charge is 2.36. The van der Waals surface area contributed by atoms with Gasteiger partial charge in [0.2, 0.25) is 0 Å². The predicted molar refractivity (Wildman–Crippen MR) is 101 cm³/mol. The molecule has 4 heteroatoms. The van der Waals surface area contributed by atoms with Crippen molar-refractivity contribution < 1.29 is 14.0 Å². The molecule has 0 bridgehead atoms. The number of esters is 1. The first-order valence-electron chi connectivity index (χ1n) is 8.57. The Hall–Kier alpha value is -0.873. The molecule has 0 saturated heterocycles. The topological polar surface area (TPSA) is 35.5 Å². The third-order valence-electron chi connectivity index (χ3n) is 4.52. The number of unbranched alkanes of at least 4 members (excludes halogenated alkanes) is 1. The van der Waals surface area contributed by atoms with Gasteiger partial charge in [0.1, 0.15) is 0 Å². The average Bonchev–Trinajstić information content (AvgIpc) is 2.42. The zero-order chi connectivity index (χ0) is 18.1. The van der Waals surface area contributed by atoms with Gasteiger partial charge >= 0.3 is 5.97 Å². The van der Waals surface area contributed by atoms with E-state index in [-0.39, 0.29) is 11.0 Å². The summed E-state index contributed by atoms with van der Waals surface area (Å²) in [5, 5.41) is 0.243. The molecule has 0 fully saturated rings. The summed E-state index contributed by atoms with van der Waals surface area (Å²) in [6.07, 6.45) is 6.43. The summed E-state index contributed by atoms with van der Waals surface area (Å²) in [6.45, 7) is 17.9. The smallest absolute Gasteiger partial charge is 0.333 e. The number of carbonyl (C=O) groups is 1. The Bertz CT molecular complexity index is 417. The normalized spacial score (nSPS) is 13.1. The minimum Gasteiger partial charge on any atom is -0.466 e. The highest BCUT2D eigenvalue weighted by Crippen LogP contribution is 2.36. The van der Waals surface area contributed by atoms with Crippen LogP contribution in [0, 0.1) is 0 Å². The van der Waals surface area contributed by atoms with Gasteiger partial charge < -0.3 is 9.16 Å². The second-order valence-corrected chi connectivity index (χ2v) is 12.6. The van der Waals surface area contributed by atoms with Crippen molar-refractivity contribution in [1.82, 2.24) is 0 Å². The molecule has 3 nitrogen and oxygen atoms in total. The molecule has 0 aliphatic rings. The molecule has 23 heavy (non-hydrogen) atoms. The molecule has 0 aromatic heterocycles. The van der Waals surface area contributed by atoms with Gasteiger partial charge in [-0.2, -0.15) is 0 Å². The van der Waals surface area contributed by atoms with Crippen LogP contribution in [0.4, 0.5) is 0 Å². The van der Waals surface area contributed by atoms with Crippen molar-refractivity contribution in [1.29, 1.82) is 0 Å². The number of hydrogen-bond acceptors (Lipinski definition) is 3. The maximum Gasteiger partial charge on any atom is 0.333 e. The van der Waals surface area contributed by atoms with E-state index in [9.17, 15) is 4.79 Å². The molecular formula is C19H36O3Si. The number of carbonyl (C=O) groups excluding carboxylic acids is 1. The van der Waals surface area contributed by atoms with Gasteiger partial charge in [0.15, 0.2) is 8.32 Å². The van der Waals surface area contributed by atoms with Gasteiger partial charge in [-0.1, -0.05) is 32.4 Å². The third-order valence-corrected chi connectivity index (χ3v) is 9.06. The minimum atomic E-state index is -1.66. The Kier molecular flexibility index (Phi) is 9.70. The minimum absolute atomic E-state index is 0.211. The Morgan fingerprint density at radius 3 is 2.26 bits per heavy atom. The summed E-state index contributed by atoms with van der Waals surface area (Å²) in [4.78, 5) is 11.8. The van der Waals surface area contributed by atoms with Crippen molar-refractivity contribution in [3.8, 4) is 0 Å². The summed E-state index contributed by atoms with van der Waals surface area (Å²) < 4.78 is 11.0. The van der Waals surface area contributed by atoms with Crippen LogP contribution in [0.15, 0.2) is 23.8 Å². The van der Waals surface area contributed by atoms with E-state index in [4.69, 9.17) is 9.16 Å². The van der Waals surface area contributed by atoms with E-state index in [0.717, 1.165) is 49.9 Å². The van der Waals surface area contributed by atoms with Crippen LogP contribution in [0.5, 0.6) is 0 Å². The van der Waals surface area contributed by atoms with E-state index < -0.39 is 8.32 Å². The summed E-state index contributed by atoms with van der Waals surface area (Å²) in [7, 11) is -0.220. The van der Waals surface area contributed by atoms with E-state index >= 15 is 0 Å². The maximum absolute atomic E-state index is 11.8. The van der Waals surface area contributed by atoms with Gasteiger partial charge in [-0.05, 0) is 57.2 Å². The molecule has 0 aliphatic carbocycles. The van der Waals surface area contributed by atoms with Crippen molar-refractivity contribution in [3.05, 3.63) is 23.8 Å². The van der Waals surface area contributed by atoms with Crippen molar-refractivity contribution in [2.24, 2.45) is 0 Å². The Morgan fingerprint density at radius 1 is 1.17 bits per heavy atom. The molecule has 0 rings (SSSR count). The zero-order valence-corrected chi connectivity index (χ0v) is 17.3. The fourth-order valence-electron chi connectivity index (χ4n) is 1.87. The first kappa shape index (κ1) is 22.1. The number of allylic oxidation sites excluding steroid dienone is 2. The third kappa shape index (κ3) is 9.11. The second-order valence-electron chi connectivity index (χ2n) is 7.78. The molecule has 0 aliphatic heterocycles. The molecule has 0 radical (unpaired) electrons. The van der Waals surface area contributed by atoms with Crippen molar-refractivity contribution in [2.45, 2.75) is 77.9 Å². The molecule has 0 amide bonds. The standard InChI is InChI=1S/C19H36O3Si/c1-16(2)12-11-14-17(18(20)21-6)13-9-10-15-22-23(7,8)19(3,4)5/h14H,1,9-13,15H2,2-8H3/b17-14+. The first-order chi connectivity index (χ1) is 10.5. The van der Waals surface area contributed by atoms with E-state index in [2.05, 4.69) is 40.4 Å². The molecule has 0 unspecified atom stereocenters. The SMILES string of the molecule is C=C(C)CC/C=C(\CCCCO[Si](C)(C)C(C)(C)C)C(=O)OC. The largest absolute Gasteiger partial charge is 0.466 e. The average molecular weight is 341 g/mol. The van der Waals surface area contributed by atoms with Crippen LogP contribution in [0.25, 0.3) is 0 Å². The molecule has 0 aromatic carbocycles. The quantitative estimate of drug-likeness (QED) is 0.170. The lowest BCUT2D eigenvalue weighted by Gasteiger charge is -2.36. The summed E-state index contributed by atoms with van der Waals surface area (Å²) in [5.74, 6) is -0.211. The highest BCUT2D eigenvalue weighted by molar-refractivity contribution is 6.74. The molecule has 0 heterocycles. The van der Waals surface area contributed by atoms with Gasteiger partial charge in [0.25, 0.3) is 0 Å². The molecule has 0 N–H and O–H groups in total. The predicted octanol–water partition coefficient (Wildman–Crippen LogP) is 5.63. The molecule has 0 spiro atoms. The van der Waals surface area contributed by atoms with Crippen molar-refractivity contribution in [2.75, 3.05) is 13.7 Å². The lowest BCUT2D eigenvalue weighted by atomic mass is 10.1. The van der Waals surface area contributed by atoms with Gasteiger partial charge in [0, 0.05) is 12.2 Å². The van der Waals surface area contributed by atoms with E-state index in [1.807, 2.05) is 13.0 Å². The fourth-order valence-corrected chi connectivity index (χ4v) is 2.96. The summed E-state index contributed by atoms with van der Waals surface area (Å²) in [5.41, 5.74) is 1.91. The van der Waals surface area contributed by atoms with E-state index in [0.29, 0.717) is 0 Å². The van der Waals surface area contributed by atoms with Crippen LogP contribution in [0.3, 0.4) is 0 Å². The maximum atomic E-state index is 11.8. The number of hydrogen-bond donors (Lipinski definition) is 0. The van der Waals surface area contributed by atoms with Crippen molar-refractivity contribution in [3.63, 3.8) is 0 Å². The lowest BCUT2D eigenvalue weighted by molar-refractivity contribution is -0.136. The Morgan fingerprint density at radius 2 is 1.78 bits per heavy atom. The van der Waals surface area contributed by atoms with Crippen LogP contribution in [-0.4, -0.2) is 28.0 Å². The fraction of sp³-hybridized carbons (Fsp3) is 0.737. The van der Waals surface area contributed by atoms with Gasteiger partial charge in [0.05, 0.1) is 7.11 Å². The Balaban J connectivity index is 4.28. The summed E-state index contributed by atoms with van der Waals surface area (Å²) >= 11 is 0. The number of methoxy groups -OCH3 is 1. The van der Waals surface area contributed by atoms with E-state index in [1.165, 1.54) is 7.11 Å². The van der Waals surface area contributed by atoms with Crippen LogP contribution in [0.1, 0.15) is 59.8 Å². The zero-order valence-electron chi connectivity index (χ0n) is 16.3. The highest BCUT2D eigenvalue weighted by atomic mass is 28.4. The molecule has 0 saturated carbocycles. The van der Waals surface area contributed by atoms with Crippen LogP contribution >= 0.6 is 0 Å². The van der Waals surface area contributed by atoms with Crippen LogP contribution in [0.2, 0.25) is 18.1 Å². The van der Waals surface area contributed by atoms with Gasteiger partial charge in [-0.3, -0.25) is 0 Å². The molecular weight excluding hydrogens is 304 g/mol. The van der Waals surface area contributed by atoms with E-state index in [1.54, 1.807) is 0 Å². The van der Waals surface area contributed by atoms with Gasteiger partial charge in [-0.15, -0.1) is 6.58 Å². The molecule has 134 valence electrons. The summed E-state index contributed by atoms with van der Waals surface area (Å²) in [6, 6.07) is 0. The van der Waals surface area contributed by atoms with Crippen LogP contribution in [-0.2, 0) is 14.0 Å². The van der Waals surface area contributed by atoms with Crippen molar-refractivity contribution >= 4 is 14.3 Å². The monoisotopic (exact) mass is 340 g/mol. The number of ether oxygens (including phenoxy) is 1. The van der Waals surface area contributed by atoms with Gasteiger partial charge in [-0.25, -0.2) is 4.79 Å². The lowest BCUT2D eigenvalue weighted by Crippen LogP contribution is -2.40. The second kappa shape index (κ2) is 10.1. The first-order valence-corrected chi connectivity index (χ1v) is 11.5. The van der Waals surface area contributed by atoms with Crippen LogP contribution < -0.4 is 0 Å². The Labute approximate surface area is 144 Å². The molecule has 0 aromatic rings. The number of rotatable bonds is 10. The molecule has 0 atom stereocenters.